The van der Waals surface area contributed by atoms with Gasteiger partial charge in [0.05, 0.1) is 19.1 Å². The largest absolute Gasteiger partial charge is 0.545 e. The number of carbonyl (C=O) groups excluding carboxylic acids is 2. The summed E-state index contributed by atoms with van der Waals surface area (Å²) in [5.41, 5.74) is 2.30. The van der Waals surface area contributed by atoms with Crippen molar-refractivity contribution in [2.75, 3.05) is 19.6 Å². The van der Waals surface area contributed by atoms with Crippen LogP contribution in [-0.4, -0.2) is 42.5 Å². The second-order valence-corrected chi connectivity index (χ2v) is 6.65. The maximum Gasteiger partial charge on any atom is 0.328 e. The van der Waals surface area contributed by atoms with E-state index >= 15 is 0 Å². The average Bonchev–Trinajstić information content (AvgIpc) is 3.19. The molecule has 1 fully saturated rings. The lowest BCUT2D eigenvalue weighted by molar-refractivity contribution is -0.887. The van der Waals surface area contributed by atoms with Gasteiger partial charge < -0.3 is 19.9 Å². The lowest BCUT2D eigenvalue weighted by Gasteiger charge is -2.14. The molecule has 148 valence electrons. The first-order chi connectivity index (χ1) is 12.9. The van der Waals surface area contributed by atoms with Gasteiger partial charge in [0.1, 0.15) is 6.54 Å². The second-order valence-electron chi connectivity index (χ2n) is 6.65. The molecule has 1 aromatic carbocycles. The first-order valence-electron chi connectivity index (χ1n) is 9.46. The van der Waals surface area contributed by atoms with Gasteiger partial charge in [0.2, 0.25) is 5.78 Å². The number of quaternary nitrogens is 1. The SMILES string of the molecule is CC[NH+](CC)CC(=O)c1ccc(C2CCCC2)cc1.O=C([O-])/C=C\C(=O)O. The lowest BCUT2D eigenvalue weighted by atomic mass is 9.96. The molecule has 0 heterocycles. The first-order valence-corrected chi connectivity index (χ1v) is 9.46. The van der Waals surface area contributed by atoms with Crippen LogP contribution in [0, 0.1) is 0 Å². The number of hydrogen-bond acceptors (Lipinski definition) is 4. The third kappa shape index (κ3) is 8.64. The van der Waals surface area contributed by atoms with Gasteiger partial charge in [0.25, 0.3) is 0 Å². The highest BCUT2D eigenvalue weighted by Gasteiger charge is 2.18. The van der Waals surface area contributed by atoms with Crippen molar-refractivity contribution in [2.45, 2.75) is 45.4 Å². The predicted octanol–water partition coefficient (Wildman–Crippen LogP) is 0.829. The highest BCUT2D eigenvalue weighted by Crippen LogP contribution is 2.33. The number of carboxylic acids is 2. The standard InChI is InChI=1S/C17H25NO.C4H4O4/c1-3-18(4-2)13-17(19)16-11-9-15(10-12-16)14-7-5-6-8-14;5-3(6)1-2-4(7)8/h9-12,14H,3-8,13H2,1-2H3;1-2H,(H,5,6)(H,7,8)/b;2-1-. The van der Waals surface area contributed by atoms with Gasteiger partial charge in [-0.2, -0.15) is 0 Å². The molecule has 0 aliphatic heterocycles. The first kappa shape index (κ1) is 22.6. The number of aliphatic carboxylic acids is 2. The minimum atomic E-state index is -1.51. The van der Waals surface area contributed by atoms with Gasteiger partial charge in [-0.1, -0.05) is 37.1 Å². The smallest absolute Gasteiger partial charge is 0.328 e. The molecule has 6 heteroatoms. The molecule has 1 aromatic rings. The fourth-order valence-electron chi connectivity index (χ4n) is 3.17. The van der Waals surface area contributed by atoms with Crippen molar-refractivity contribution in [3.05, 3.63) is 47.5 Å². The van der Waals surface area contributed by atoms with Crippen LogP contribution in [0.5, 0.6) is 0 Å². The number of ketones is 1. The number of rotatable bonds is 8. The van der Waals surface area contributed by atoms with Gasteiger partial charge in [-0.3, -0.25) is 4.79 Å². The van der Waals surface area contributed by atoms with Crippen LogP contribution in [-0.2, 0) is 9.59 Å². The summed E-state index contributed by atoms with van der Waals surface area (Å²) >= 11 is 0. The van der Waals surface area contributed by atoms with E-state index in [0.29, 0.717) is 18.7 Å². The number of Topliss-reactive ketones (excluding diaryl/α,β-unsaturated/α-hetero) is 1. The van der Waals surface area contributed by atoms with Gasteiger partial charge in [-0.15, -0.1) is 0 Å². The zero-order valence-electron chi connectivity index (χ0n) is 16.1. The van der Waals surface area contributed by atoms with Crippen molar-refractivity contribution in [3.8, 4) is 0 Å². The lowest BCUT2D eigenvalue weighted by Crippen LogP contribution is -3.12. The maximum atomic E-state index is 12.2. The van der Waals surface area contributed by atoms with E-state index in [0.717, 1.165) is 24.6 Å². The van der Waals surface area contributed by atoms with Crippen molar-refractivity contribution in [3.63, 3.8) is 0 Å². The molecule has 0 spiro atoms. The van der Waals surface area contributed by atoms with Gasteiger partial charge in [-0.25, -0.2) is 4.79 Å². The topological polar surface area (TPSA) is 98.9 Å². The number of carboxylic acid groups (broad SMARTS) is 2. The third-order valence-electron chi connectivity index (χ3n) is 4.83. The summed E-state index contributed by atoms with van der Waals surface area (Å²) < 4.78 is 0. The number of nitrogens with one attached hydrogen (secondary N) is 1. The zero-order valence-corrected chi connectivity index (χ0v) is 16.1. The molecule has 0 aromatic heterocycles. The molecule has 2 rings (SSSR count). The molecule has 0 saturated heterocycles. The molecule has 2 N–H and O–H groups in total. The minimum Gasteiger partial charge on any atom is -0.545 e. The van der Waals surface area contributed by atoms with E-state index in [-0.39, 0.29) is 5.78 Å². The molecule has 0 bridgehead atoms. The van der Waals surface area contributed by atoms with E-state index in [9.17, 15) is 19.5 Å². The van der Waals surface area contributed by atoms with Crippen LogP contribution < -0.4 is 10.0 Å². The molecular weight excluding hydrogens is 346 g/mol. The van der Waals surface area contributed by atoms with Crippen molar-refractivity contribution in [1.29, 1.82) is 0 Å². The van der Waals surface area contributed by atoms with E-state index < -0.39 is 11.9 Å². The van der Waals surface area contributed by atoms with E-state index in [1.54, 1.807) is 0 Å². The molecule has 0 unspecified atom stereocenters. The summed E-state index contributed by atoms with van der Waals surface area (Å²) in [6, 6.07) is 8.39. The Hall–Kier alpha value is -2.47. The Kier molecular flexibility index (Phi) is 10.0. The number of hydrogen-bond donors (Lipinski definition) is 2. The van der Waals surface area contributed by atoms with Crippen molar-refractivity contribution >= 4 is 17.7 Å². The monoisotopic (exact) mass is 375 g/mol. The summed E-state index contributed by atoms with van der Waals surface area (Å²) in [6.45, 7) is 6.92. The minimum absolute atomic E-state index is 0.275. The average molecular weight is 375 g/mol. The van der Waals surface area contributed by atoms with Crippen LogP contribution in [0.25, 0.3) is 0 Å². The summed E-state index contributed by atoms with van der Waals surface area (Å²) in [7, 11) is 0. The fourth-order valence-corrected chi connectivity index (χ4v) is 3.17. The molecule has 0 amide bonds. The molecule has 0 atom stereocenters. The molecule has 0 radical (unpaired) electrons. The van der Waals surface area contributed by atoms with Crippen molar-refractivity contribution < 1.29 is 29.5 Å². The van der Waals surface area contributed by atoms with E-state index in [1.165, 1.54) is 36.1 Å². The molecule has 1 saturated carbocycles. The van der Waals surface area contributed by atoms with Crippen LogP contribution in [0.15, 0.2) is 36.4 Å². The Balaban J connectivity index is 0.000000387. The van der Waals surface area contributed by atoms with Crippen LogP contribution >= 0.6 is 0 Å². The molecule has 6 nitrogen and oxygen atoms in total. The highest BCUT2D eigenvalue weighted by atomic mass is 16.4. The third-order valence-corrected chi connectivity index (χ3v) is 4.83. The molecule has 27 heavy (non-hydrogen) atoms. The van der Waals surface area contributed by atoms with Crippen LogP contribution in [0.4, 0.5) is 0 Å². The summed E-state index contributed by atoms with van der Waals surface area (Å²) in [6.07, 6.45) is 6.29. The maximum absolute atomic E-state index is 12.2. The van der Waals surface area contributed by atoms with Crippen LogP contribution in [0.3, 0.4) is 0 Å². The van der Waals surface area contributed by atoms with E-state index in [4.69, 9.17) is 5.11 Å². The highest BCUT2D eigenvalue weighted by molar-refractivity contribution is 5.96. The molecular formula is C21H29NO5. The Morgan fingerprint density at radius 1 is 1.07 bits per heavy atom. The predicted molar refractivity (Wildman–Crippen MR) is 101 cm³/mol. The van der Waals surface area contributed by atoms with Crippen LogP contribution in [0.1, 0.15) is 61.4 Å². The summed E-state index contributed by atoms with van der Waals surface area (Å²) in [4.78, 5) is 32.5. The van der Waals surface area contributed by atoms with Gasteiger partial charge in [0, 0.05) is 11.6 Å². The molecule has 1 aliphatic carbocycles. The summed E-state index contributed by atoms with van der Waals surface area (Å²) in [5, 5.41) is 17.2. The quantitative estimate of drug-likeness (QED) is 0.518. The number of carbonyl (C=O) groups is 3. The van der Waals surface area contributed by atoms with Gasteiger partial charge >= 0.3 is 5.97 Å². The Morgan fingerprint density at radius 2 is 1.63 bits per heavy atom. The Bertz CT molecular complexity index is 625. The van der Waals surface area contributed by atoms with E-state index in [2.05, 4.69) is 26.0 Å². The zero-order chi connectivity index (χ0) is 20.2. The normalized spacial score (nSPS) is 14.2. The number of benzene rings is 1. The van der Waals surface area contributed by atoms with Crippen LogP contribution in [0.2, 0.25) is 0 Å². The summed E-state index contributed by atoms with van der Waals surface area (Å²) in [5.74, 6) is -1.80. The van der Waals surface area contributed by atoms with Gasteiger partial charge in [0.15, 0.2) is 0 Å². The molecule has 1 aliphatic rings. The van der Waals surface area contributed by atoms with E-state index in [1.807, 2.05) is 12.1 Å². The number of likely N-dealkylation sites (N-methyl/N-ethyl adjacent to an activating group) is 1. The Labute approximate surface area is 160 Å². The Morgan fingerprint density at radius 3 is 2.04 bits per heavy atom. The second kappa shape index (κ2) is 12.0. The van der Waals surface area contributed by atoms with Crippen molar-refractivity contribution in [2.24, 2.45) is 0 Å². The van der Waals surface area contributed by atoms with Crippen molar-refractivity contribution in [1.82, 2.24) is 0 Å². The van der Waals surface area contributed by atoms with Gasteiger partial charge in [-0.05, 0) is 44.2 Å². The fraction of sp³-hybridized carbons (Fsp3) is 0.476.